The molecule has 0 amide bonds. The lowest BCUT2D eigenvalue weighted by atomic mass is 10.2. The smallest absolute Gasteiger partial charge is 0.354 e. The van der Waals surface area contributed by atoms with Crippen LogP contribution < -0.4 is 0 Å². The minimum absolute atomic E-state index is 0.163. The monoisotopic (exact) mass is 290 g/mol. The molecule has 1 aromatic heterocycles. The molecule has 0 saturated carbocycles. The summed E-state index contributed by atoms with van der Waals surface area (Å²) in [5.41, 5.74) is 0.356. The lowest BCUT2D eigenvalue weighted by molar-refractivity contribution is -0.403. The molecule has 0 bridgehead atoms. The van der Waals surface area contributed by atoms with Crippen molar-refractivity contribution in [3.05, 3.63) is 74.3 Å². The van der Waals surface area contributed by atoms with E-state index in [1.807, 2.05) is 6.07 Å². The van der Waals surface area contributed by atoms with Gasteiger partial charge in [0.15, 0.2) is 6.33 Å². The number of benzene rings is 1. The molecule has 108 valence electrons. The Morgan fingerprint density at radius 1 is 1.29 bits per heavy atom. The number of nitro groups is 2. The SMILES string of the molecule is O=[N+]([O-])/C=C(\O)c1ncn(Cc2ccccc2)c1[N+](=O)[O-]. The first kappa shape index (κ1) is 14.2. The molecule has 0 unspecified atom stereocenters. The Morgan fingerprint density at radius 3 is 2.52 bits per heavy atom. The number of aromatic nitrogens is 2. The van der Waals surface area contributed by atoms with E-state index < -0.39 is 27.1 Å². The minimum atomic E-state index is -0.907. The summed E-state index contributed by atoms with van der Waals surface area (Å²) in [7, 11) is 0. The van der Waals surface area contributed by atoms with Crippen LogP contribution in [0.15, 0.2) is 42.9 Å². The van der Waals surface area contributed by atoms with Crippen molar-refractivity contribution in [1.29, 1.82) is 0 Å². The molecule has 0 atom stereocenters. The number of aliphatic hydroxyl groups is 1. The van der Waals surface area contributed by atoms with Crippen LogP contribution in [0.4, 0.5) is 5.82 Å². The second kappa shape index (κ2) is 5.82. The summed E-state index contributed by atoms with van der Waals surface area (Å²) >= 11 is 0. The molecule has 0 aliphatic carbocycles. The first-order valence-electron chi connectivity index (χ1n) is 5.77. The number of hydrogen-bond donors (Lipinski definition) is 1. The van der Waals surface area contributed by atoms with Crippen molar-refractivity contribution in [3.8, 4) is 0 Å². The van der Waals surface area contributed by atoms with Crippen LogP contribution >= 0.6 is 0 Å². The van der Waals surface area contributed by atoms with E-state index in [0.29, 0.717) is 0 Å². The Labute approximate surface area is 118 Å². The normalized spacial score (nSPS) is 11.3. The molecule has 0 saturated heterocycles. The Bertz CT molecular complexity index is 708. The van der Waals surface area contributed by atoms with E-state index in [0.717, 1.165) is 11.9 Å². The van der Waals surface area contributed by atoms with Crippen LogP contribution in [0, 0.1) is 20.2 Å². The molecule has 2 aromatic rings. The highest BCUT2D eigenvalue weighted by Gasteiger charge is 2.26. The fourth-order valence-electron chi connectivity index (χ4n) is 1.80. The summed E-state index contributed by atoms with van der Waals surface area (Å²) in [5.74, 6) is -1.37. The molecule has 0 radical (unpaired) electrons. The van der Waals surface area contributed by atoms with Crippen molar-refractivity contribution in [3.63, 3.8) is 0 Å². The third kappa shape index (κ3) is 3.21. The zero-order valence-corrected chi connectivity index (χ0v) is 10.6. The van der Waals surface area contributed by atoms with Crippen LogP contribution in [0.25, 0.3) is 5.76 Å². The van der Waals surface area contributed by atoms with Crippen LogP contribution in [-0.2, 0) is 6.54 Å². The van der Waals surface area contributed by atoms with Crippen molar-refractivity contribution < 1.29 is 15.0 Å². The molecule has 9 nitrogen and oxygen atoms in total. The van der Waals surface area contributed by atoms with Gasteiger partial charge in [0, 0.05) is 0 Å². The van der Waals surface area contributed by atoms with E-state index >= 15 is 0 Å². The molecule has 0 aliphatic rings. The molecule has 21 heavy (non-hydrogen) atoms. The number of imidazole rings is 1. The van der Waals surface area contributed by atoms with Crippen molar-refractivity contribution in [2.45, 2.75) is 6.54 Å². The van der Waals surface area contributed by atoms with Gasteiger partial charge in [0.05, 0.1) is 4.92 Å². The maximum absolute atomic E-state index is 11.1. The van der Waals surface area contributed by atoms with E-state index in [1.54, 1.807) is 24.3 Å². The number of nitrogens with zero attached hydrogens (tertiary/aromatic N) is 4. The van der Waals surface area contributed by atoms with Gasteiger partial charge in [-0.25, -0.2) is 9.55 Å². The Hall–Kier alpha value is -3.23. The maximum Gasteiger partial charge on any atom is 0.354 e. The molecular formula is C12H10N4O5. The fraction of sp³-hybridized carbons (Fsp3) is 0.0833. The van der Waals surface area contributed by atoms with Gasteiger partial charge in [0.1, 0.15) is 6.54 Å². The van der Waals surface area contributed by atoms with Gasteiger partial charge in [-0.1, -0.05) is 30.3 Å². The quantitative estimate of drug-likeness (QED) is 0.510. The predicted octanol–water partition coefficient (Wildman–Crippen LogP) is 1.97. The van der Waals surface area contributed by atoms with E-state index in [1.165, 1.54) is 4.57 Å². The average Bonchev–Trinajstić information content (AvgIpc) is 2.83. The molecule has 0 spiro atoms. The maximum atomic E-state index is 11.1. The molecular weight excluding hydrogens is 280 g/mol. The van der Waals surface area contributed by atoms with Crippen LogP contribution in [0.1, 0.15) is 11.3 Å². The van der Waals surface area contributed by atoms with Crippen LogP contribution in [0.2, 0.25) is 0 Å². The van der Waals surface area contributed by atoms with Gasteiger partial charge < -0.3 is 15.2 Å². The third-order valence-electron chi connectivity index (χ3n) is 2.65. The van der Waals surface area contributed by atoms with E-state index in [2.05, 4.69) is 4.98 Å². The van der Waals surface area contributed by atoms with Crippen molar-refractivity contribution >= 4 is 11.6 Å². The zero-order valence-electron chi connectivity index (χ0n) is 10.6. The highest BCUT2D eigenvalue weighted by Crippen LogP contribution is 2.24. The molecule has 9 heteroatoms. The van der Waals surface area contributed by atoms with Gasteiger partial charge in [-0.3, -0.25) is 10.1 Å². The highest BCUT2D eigenvalue weighted by molar-refractivity contribution is 5.61. The molecule has 0 aliphatic heterocycles. The standard InChI is InChI=1S/C12H10N4O5/c17-10(7-15(18)19)11-12(16(20)21)14(8-13-11)6-9-4-2-1-3-5-9/h1-5,7-8,17H,6H2/b10-7-. The van der Waals surface area contributed by atoms with Gasteiger partial charge >= 0.3 is 5.82 Å². The summed E-state index contributed by atoms with van der Waals surface area (Å²) in [4.78, 5) is 23.5. The molecule has 1 aromatic carbocycles. The summed E-state index contributed by atoms with van der Waals surface area (Å²) in [5, 5.41) is 31.0. The number of rotatable bonds is 5. The van der Waals surface area contributed by atoms with Crippen molar-refractivity contribution in [2.24, 2.45) is 0 Å². The van der Waals surface area contributed by atoms with E-state index in [4.69, 9.17) is 0 Å². The van der Waals surface area contributed by atoms with Crippen molar-refractivity contribution in [1.82, 2.24) is 9.55 Å². The second-order valence-corrected chi connectivity index (χ2v) is 4.09. The molecule has 2 rings (SSSR count). The summed E-state index contributed by atoms with van der Waals surface area (Å²) in [6.07, 6.45) is 1.42. The van der Waals surface area contributed by atoms with Gasteiger partial charge in [-0.2, -0.15) is 0 Å². The number of hydrogen-bond acceptors (Lipinski definition) is 6. The second-order valence-electron chi connectivity index (χ2n) is 4.09. The summed E-state index contributed by atoms with van der Waals surface area (Å²) in [6.45, 7) is 0.163. The first-order valence-corrected chi connectivity index (χ1v) is 5.77. The average molecular weight is 290 g/mol. The lowest BCUT2D eigenvalue weighted by Crippen LogP contribution is -2.05. The predicted molar refractivity (Wildman–Crippen MR) is 72.0 cm³/mol. The minimum Gasteiger partial charge on any atom is -0.501 e. The Kier molecular flexibility index (Phi) is 3.93. The molecule has 1 N–H and O–H groups in total. The Morgan fingerprint density at radius 2 is 1.95 bits per heavy atom. The molecule has 1 heterocycles. The van der Waals surface area contributed by atoms with Crippen LogP contribution in [-0.4, -0.2) is 24.5 Å². The topological polar surface area (TPSA) is 124 Å². The Balaban J connectivity index is 2.42. The van der Waals surface area contributed by atoms with Gasteiger partial charge in [-0.05, 0) is 10.5 Å². The summed E-state index contributed by atoms with van der Waals surface area (Å²) in [6, 6.07) is 8.92. The van der Waals surface area contributed by atoms with Gasteiger partial charge in [0.2, 0.25) is 11.5 Å². The number of aliphatic hydroxyl groups excluding tert-OH is 1. The lowest BCUT2D eigenvalue weighted by Gasteiger charge is -2.02. The third-order valence-corrected chi connectivity index (χ3v) is 2.65. The highest BCUT2D eigenvalue weighted by atomic mass is 16.6. The van der Waals surface area contributed by atoms with Crippen molar-refractivity contribution in [2.75, 3.05) is 0 Å². The summed E-state index contributed by atoms with van der Waals surface area (Å²) < 4.78 is 1.20. The van der Waals surface area contributed by atoms with Gasteiger partial charge in [-0.15, -0.1) is 0 Å². The van der Waals surface area contributed by atoms with Gasteiger partial charge in [0.25, 0.3) is 6.20 Å². The largest absolute Gasteiger partial charge is 0.501 e. The van der Waals surface area contributed by atoms with E-state index in [-0.39, 0.29) is 12.7 Å². The molecule has 0 fully saturated rings. The fourth-order valence-corrected chi connectivity index (χ4v) is 1.80. The van der Waals surface area contributed by atoms with Crippen LogP contribution in [0.3, 0.4) is 0 Å². The zero-order chi connectivity index (χ0) is 15.4. The van der Waals surface area contributed by atoms with Crippen LogP contribution in [0.5, 0.6) is 0 Å². The van der Waals surface area contributed by atoms with E-state index in [9.17, 15) is 25.3 Å². The first-order chi connectivity index (χ1) is 9.99.